The first-order valence-electron chi connectivity index (χ1n) is 7.89. The number of rotatable bonds is 6. The first-order chi connectivity index (χ1) is 11.8. The van der Waals surface area contributed by atoms with E-state index in [9.17, 15) is 14.4 Å². The molecule has 1 fully saturated rings. The molecule has 0 bridgehead atoms. The third kappa shape index (κ3) is 6.02. The molecule has 0 spiro atoms. The van der Waals surface area contributed by atoms with Crippen molar-refractivity contribution in [1.29, 1.82) is 0 Å². The Labute approximate surface area is 149 Å². The van der Waals surface area contributed by atoms with Gasteiger partial charge >= 0.3 is 5.88 Å². The number of aromatic nitrogens is 2. The van der Waals surface area contributed by atoms with Crippen LogP contribution in [0.2, 0.25) is 0 Å². The van der Waals surface area contributed by atoms with E-state index < -0.39 is 11.9 Å². The van der Waals surface area contributed by atoms with Gasteiger partial charge in [0.2, 0.25) is 17.1 Å². The molecule has 1 aliphatic heterocycles. The maximum Gasteiger partial charge on any atom is 0.305 e. The van der Waals surface area contributed by atoms with Crippen molar-refractivity contribution in [3.8, 4) is 0 Å². The zero-order chi connectivity index (χ0) is 18.4. The molecule has 25 heavy (non-hydrogen) atoms. The molecule has 138 valence electrons. The molecule has 0 unspecified atom stereocenters. The number of thioether (sulfide) groups is 1. The molecule has 1 atom stereocenters. The Bertz CT molecular complexity index is 629. The second kappa shape index (κ2) is 8.81. The van der Waals surface area contributed by atoms with Gasteiger partial charge in [-0.15, -0.1) is 0 Å². The molecule has 0 saturated carbocycles. The fourth-order valence-electron chi connectivity index (χ4n) is 2.26. The lowest BCUT2D eigenvalue weighted by Gasteiger charge is -2.26. The highest BCUT2D eigenvalue weighted by atomic mass is 32.2. The predicted molar refractivity (Wildman–Crippen MR) is 91.5 cm³/mol. The number of nitrogens with one attached hydrogen (secondary N) is 2. The van der Waals surface area contributed by atoms with Gasteiger partial charge in [0.15, 0.2) is 5.12 Å². The van der Waals surface area contributed by atoms with Crippen LogP contribution in [0.3, 0.4) is 0 Å². The molecule has 1 aliphatic rings. The Kier molecular flexibility index (Phi) is 6.76. The van der Waals surface area contributed by atoms with Gasteiger partial charge in [0, 0.05) is 32.7 Å². The van der Waals surface area contributed by atoms with E-state index in [0.29, 0.717) is 0 Å². The fourth-order valence-corrected chi connectivity index (χ4v) is 2.90. The van der Waals surface area contributed by atoms with Gasteiger partial charge in [-0.05, 0) is 7.05 Å². The van der Waals surface area contributed by atoms with Gasteiger partial charge in [-0.3, -0.25) is 24.2 Å². The standard InChI is InChI=1S/C14H22N6O4S/c1-10(21)15-12(9-25-11(2)22)14(23)16-13-8-20(17-24-13)19-6-4-18(3)5-7-19/h8,12H,4-7,9H2,1-3H3,(H-,15,16,17,21,23)/p+1/t12-/m0/s1. The number of anilines is 1. The molecule has 2 N–H and O–H groups in total. The van der Waals surface area contributed by atoms with Crippen LogP contribution >= 0.6 is 11.8 Å². The molecule has 1 saturated heterocycles. The second-order valence-electron chi connectivity index (χ2n) is 5.79. The van der Waals surface area contributed by atoms with Gasteiger partial charge in [-0.2, -0.15) is 5.01 Å². The monoisotopic (exact) mass is 371 g/mol. The minimum Gasteiger partial charge on any atom is -0.344 e. The highest BCUT2D eigenvalue weighted by Gasteiger charge is 2.27. The molecule has 1 aromatic rings. The second-order valence-corrected chi connectivity index (χ2v) is 6.99. The smallest absolute Gasteiger partial charge is 0.305 e. The van der Waals surface area contributed by atoms with E-state index in [-0.39, 0.29) is 22.7 Å². The Hall–Kier alpha value is -2.14. The van der Waals surface area contributed by atoms with Crippen molar-refractivity contribution in [2.75, 3.05) is 49.3 Å². The fraction of sp³-hybridized carbons (Fsp3) is 0.643. The average Bonchev–Trinajstić information content (AvgIpc) is 3.00. The van der Waals surface area contributed by atoms with Crippen molar-refractivity contribution in [2.45, 2.75) is 19.9 Å². The van der Waals surface area contributed by atoms with Crippen LogP contribution in [0.5, 0.6) is 0 Å². The maximum atomic E-state index is 12.3. The minimum absolute atomic E-state index is 0.129. The van der Waals surface area contributed by atoms with Crippen molar-refractivity contribution >= 4 is 34.6 Å². The van der Waals surface area contributed by atoms with Crippen LogP contribution in [0, 0.1) is 0 Å². The molecule has 0 aromatic carbocycles. The Morgan fingerprint density at radius 3 is 2.60 bits per heavy atom. The molecule has 10 nitrogen and oxygen atoms in total. The zero-order valence-corrected chi connectivity index (χ0v) is 15.3. The number of carbonyl (C=O) groups is 3. The van der Waals surface area contributed by atoms with Crippen molar-refractivity contribution in [2.24, 2.45) is 0 Å². The molecule has 2 heterocycles. The van der Waals surface area contributed by atoms with Crippen molar-refractivity contribution < 1.29 is 23.7 Å². The lowest BCUT2D eigenvalue weighted by atomic mass is 10.3. The average molecular weight is 371 g/mol. The number of hydrogen-bond donors (Lipinski definition) is 2. The van der Waals surface area contributed by atoms with E-state index in [1.165, 1.54) is 13.8 Å². The quantitative estimate of drug-likeness (QED) is 0.586. The van der Waals surface area contributed by atoms with Crippen LogP contribution in [0.15, 0.2) is 10.7 Å². The lowest BCUT2D eigenvalue weighted by Crippen LogP contribution is -2.65. The van der Waals surface area contributed by atoms with Gasteiger partial charge in [-0.1, -0.05) is 11.8 Å². The number of amides is 2. The van der Waals surface area contributed by atoms with Crippen LogP contribution < -0.4 is 20.4 Å². The highest BCUT2D eigenvalue weighted by molar-refractivity contribution is 8.13. The van der Waals surface area contributed by atoms with Gasteiger partial charge in [0.1, 0.15) is 6.04 Å². The summed E-state index contributed by atoms with van der Waals surface area (Å²) in [5.74, 6) is -0.500. The Morgan fingerprint density at radius 2 is 2.00 bits per heavy atom. The first-order valence-corrected chi connectivity index (χ1v) is 8.87. The zero-order valence-electron chi connectivity index (χ0n) is 14.5. The number of likely N-dealkylation sites (N-methyl/N-ethyl adjacent to an activating group) is 1. The molecular formula is C14H23N6O4S+. The van der Waals surface area contributed by atoms with E-state index in [1.807, 2.05) is 5.01 Å². The van der Waals surface area contributed by atoms with Crippen LogP contribution in [-0.4, -0.2) is 72.1 Å². The largest absolute Gasteiger partial charge is 0.344 e. The van der Waals surface area contributed by atoms with E-state index in [1.54, 1.807) is 11.0 Å². The van der Waals surface area contributed by atoms with Gasteiger partial charge in [0.05, 0.1) is 17.9 Å². The maximum absolute atomic E-state index is 12.3. The summed E-state index contributed by atoms with van der Waals surface area (Å²) in [6.07, 6.45) is 1.58. The summed E-state index contributed by atoms with van der Waals surface area (Å²) >= 11 is 0.970. The number of piperazine rings is 1. The third-order valence-electron chi connectivity index (χ3n) is 3.62. The molecule has 0 radical (unpaired) electrons. The Morgan fingerprint density at radius 1 is 1.32 bits per heavy atom. The van der Waals surface area contributed by atoms with E-state index in [2.05, 4.69) is 27.9 Å². The summed E-state index contributed by atoms with van der Waals surface area (Å²) in [6, 6.07) is -0.839. The van der Waals surface area contributed by atoms with Crippen LogP contribution in [0.1, 0.15) is 13.8 Å². The minimum atomic E-state index is -0.839. The van der Waals surface area contributed by atoms with Gasteiger partial charge in [-0.25, -0.2) is 0 Å². The summed E-state index contributed by atoms with van der Waals surface area (Å²) < 4.78 is 5.14. The first kappa shape index (κ1) is 19.2. The lowest BCUT2D eigenvalue weighted by molar-refractivity contribution is -0.759. The van der Waals surface area contributed by atoms with Gasteiger partial charge < -0.3 is 10.2 Å². The van der Waals surface area contributed by atoms with Crippen molar-refractivity contribution in [3.05, 3.63) is 6.20 Å². The molecule has 2 amide bonds. The Balaban J connectivity index is 1.95. The normalized spacial score (nSPS) is 16.4. The summed E-state index contributed by atoms with van der Waals surface area (Å²) in [4.78, 5) is 38.4. The molecule has 11 heteroatoms. The van der Waals surface area contributed by atoms with E-state index in [0.717, 1.165) is 37.9 Å². The van der Waals surface area contributed by atoms with Crippen molar-refractivity contribution in [3.63, 3.8) is 0 Å². The number of carbonyl (C=O) groups excluding carboxylic acids is 3. The SMILES string of the molecule is CC(=O)N[C@@H](CSC(C)=O)C(=O)Nc1c[n+](N2CCN(C)CC2)no1. The van der Waals surface area contributed by atoms with Gasteiger partial charge in [0.25, 0.3) is 6.20 Å². The molecular weight excluding hydrogens is 348 g/mol. The topological polar surface area (TPSA) is 112 Å². The number of nitrogens with zero attached hydrogens (tertiary/aromatic N) is 4. The van der Waals surface area contributed by atoms with Crippen LogP contribution in [-0.2, 0) is 14.4 Å². The molecule has 1 aromatic heterocycles. The third-order valence-corrected chi connectivity index (χ3v) is 4.53. The van der Waals surface area contributed by atoms with Crippen molar-refractivity contribution in [1.82, 2.24) is 15.5 Å². The van der Waals surface area contributed by atoms with E-state index in [4.69, 9.17) is 4.52 Å². The molecule has 0 aliphatic carbocycles. The highest BCUT2D eigenvalue weighted by Crippen LogP contribution is 2.08. The van der Waals surface area contributed by atoms with Crippen LogP contribution in [0.25, 0.3) is 0 Å². The predicted octanol–water partition coefficient (Wildman–Crippen LogP) is -1.43. The molecule has 2 rings (SSSR count). The van der Waals surface area contributed by atoms with Crippen LogP contribution in [0.4, 0.5) is 5.88 Å². The summed E-state index contributed by atoms with van der Waals surface area (Å²) in [5.41, 5.74) is 0. The van der Waals surface area contributed by atoms with E-state index >= 15 is 0 Å². The summed E-state index contributed by atoms with van der Waals surface area (Å²) in [5, 5.41) is 10.9. The summed E-state index contributed by atoms with van der Waals surface area (Å²) in [7, 11) is 2.05. The number of hydrogen-bond acceptors (Lipinski definition) is 8. The summed E-state index contributed by atoms with van der Waals surface area (Å²) in [6.45, 7) is 6.13.